The van der Waals surface area contributed by atoms with E-state index in [1.54, 1.807) is 0 Å². The molecule has 0 aromatic carbocycles. The van der Waals surface area contributed by atoms with Crippen LogP contribution in [-0.2, 0) is 13.0 Å². The van der Waals surface area contributed by atoms with Crippen molar-refractivity contribution in [1.82, 2.24) is 15.3 Å². The number of nitrogens with zero attached hydrogens (tertiary/aromatic N) is 2. The molecule has 98 valence electrons. The first-order chi connectivity index (χ1) is 8.75. The van der Waals surface area contributed by atoms with Crippen molar-refractivity contribution in [2.75, 3.05) is 18.5 Å². The Kier molecular flexibility index (Phi) is 3.07. The van der Waals surface area contributed by atoms with Gasteiger partial charge in [-0.3, -0.25) is 0 Å². The molecular weight excluding hydrogens is 228 g/mol. The number of aromatic amines is 1. The van der Waals surface area contributed by atoms with Crippen LogP contribution < -0.4 is 15.9 Å². The van der Waals surface area contributed by atoms with E-state index in [-0.39, 0.29) is 5.69 Å². The average molecular weight is 248 g/mol. The van der Waals surface area contributed by atoms with Crippen LogP contribution in [-0.4, -0.2) is 29.6 Å². The Morgan fingerprint density at radius 3 is 2.89 bits per heavy atom. The molecule has 1 aromatic rings. The Balaban J connectivity index is 1.99. The zero-order valence-corrected chi connectivity index (χ0v) is 10.8. The molecule has 3 rings (SSSR count). The first-order valence-corrected chi connectivity index (χ1v) is 6.81. The smallest absolute Gasteiger partial charge is 0.347 e. The Bertz CT molecular complexity index is 490. The van der Waals surface area contributed by atoms with Crippen LogP contribution in [0.3, 0.4) is 0 Å². The van der Waals surface area contributed by atoms with Gasteiger partial charge in [0, 0.05) is 43.9 Å². The van der Waals surface area contributed by atoms with Gasteiger partial charge in [0.25, 0.3) is 0 Å². The molecule has 0 radical (unpaired) electrons. The molecule has 0 amide bonds. The summed E-state index contributed by atoms with van der Waals surface area (Å²) in [5.41, 5.74) is 2.03. The van der Waals surface area contributed by atoms with E-state index in [1.807, 2.05) is 0 Å². The maximum atomic E-state index is 11.7. The molecule has 1 saturated carbocycles. The van der Waals surface area contributed by atoms with E-state index in [0.29, 0.717) is 6.04 Å². The minimum atomic E-state index is -0.213. The third-order valence-corrected chi connectivity index (χ3v) is 4.16. The molecule has 0 spiro atoms. The number of H-pyrrole nitrogens is 1. The normalized spacial score (nSPS) is 19.8. The molecule has 1 fully saturated rings. The van der Waals surface area contributed by atoms with Crippen molar-refractivity contribution in [3.8, 4) is 0 Å². The van der Waals surface area contributed by atoms with E-state index in [1.165, 1.54) is 31.2 Å². The monoisotopic (exact) mass is 248 g/mol. The highest BCUT2D eigenvalue weighted by Gasteiger charge is 2.25. The van der Waals surface area contributed by atoms with Crippen LogP contribution in [0, 0.1) is 0 Å². The summed E-state index contributed by atoms with van der Waals surface area (Å²) in [4.78, 5) is 21.0. The topological polar surface area (TPSA) is 61.0 Å². The first-order valence-electron chi connectivity index (χ1n) is 6.81. The molecule has 1 aliphatic carbocycles. The van der Waals surface area contributed by atoms with Crippen LogP contribution in [0.4, 0.5) is 5.82 Å². The summed E-state index contributed by atoms with van der Waals surface area (Å²) in [7, 11) is 2.08. The van der Waals surface area contributed by atoms with Crippen molar-refractivity contribution in [3.05, 3.63) is 21.7 Å². The first kappa shape index (κ1) is 11.7. The fourth-order valence-electron chi connectivity index (χ4n) is 3.11. The van der Waals surface area contributed by atoms with Gasteiger partial charge in [-0.1, -0.05) is 12.8 Å². The zero-order chi connectivity index (χ0) is 12.5. The van der Waals surface area contributed by atoms with E-state index in [9.17, 15) is 4.79 Å². The molecule has 0 atom stereocenters. The Morgan fingerprint density at radius 2 is 2.11 bits per heavy atom. The number of hydrogen-bond acceptors (Lipinski definition) is 4. The van der Waals surface area contributed by atoms with Gasteiger partial charge in [0.05, 0.1) is 0 Å². The third kappa shape index (κ3) is 2.03. The van der Waals surface area contributed by atoms with E-state index in [0.717, 1.165) is 31.0 Å². The summed E-state index contributed by atoms with van der Waals surface area (Å²) in [6.07, 6.45) is 5.90. The lowest BCUT2D eigenvalue weighted by molar-refractivity contribution is 0.600. The second kappa shape index (κ2) is 4.72. The fraction of sp³-hybridized carbons (Fsp3) is 0.692. The van der Waals surface area contributed by atoms with Gasteiger partial charge in [0.1, 0.15) is 5.82 Å². The number of rotatable bonds is 2. The molecule has 2 heterocycles. The molecular formula is C13H20N4O. The van der Waals surface area contributed by atoms with Crippen LogP contribution in [0.5, 0.6) is 0 Å². The summed E-state index contributed by atoms with van der Waals surface area (Å²) >= 11 is 0. The lowest BCUT2D eigenvalue weighted by Crippen LogP contribution is -2.36. The highest BCUT2D eigenvalue weighted by Crippen LogP contribution is 2.28. The van der Waals surface area contributed by atoms with Gasteiger partial charge in [0.2, 0.25) is 0 Å². The number of anilines is 1. The lowest BCUT2D eigenvalue weighted by Gasteiger charge is -2.29. The molecule has 2 N–H and O–H groups in total. The van der Waals surface area contributed by atoms with Crippen LogP contribution in [0.1, 0.15) is 36.9 Å². The SMILES string of the molecule is CN(c1nc(=O)[nH]c2c1CNCC2)C1CCCC1. The summed E-state index contributed by atoms with van der Waals surface area (Å²) in [5.74, 6) is 0.882. The van der Waals surface area contributed by atoms with Crippen LogP contribution in [0.2, 0.25) is 0 Å². The number of aromatic nitrogens is 2. The highest BCUT2D eigenvalue weighted by atomic mass is 16.1. The van der Waals surface area contributed by atoms with Gasteiger partial charge in [-0.15, -0.1) is 0 Å². The average Bonchev–Trinajstić information content (AvgIpc) is 2.90. The van der Waals surface area contributed by atoms with Crippen molar-refractivity contribution in [2.45, 2.75) is 44.7 Å². The molecule has 1 aliphatic heterocycles. The molecule has 5 nitrogen and oxygen atoms in total. The number of nitrogens with one attached hydrogen (secondary N) is 2. The Morgan fingerprint density at radius 1 is 1.33 bits per heavy atom. The van der Waals surface area contributed by atoms with E-state index >= 15 is 0 Å². The number of fused-ring (bicyclic) bond motifs is 1. The second-order valence-electron chi connectivity index (χ2n) is 5.30. The molecule has 5 heteroatoms. The summed E-state index contributed by atoms with van der Waals surface area (Å²) in [6, 6.07) is 0.547. The van der Waals surface area contributed by atoms with Gasteiger partial charge in [-0.05, 0) is 12.8 Å². The van der Waals surface area contributed by atoms with E-state index in [4.69, 9.17) is 0 Å². The van der Waals surface area contributed by atoms with Gasteiger partial charge in [0.15, 0.2) is 0 Å². The third-order valence-electron chi connectivity index (χ3n) is 4.16. The largest absolute Gasteiger partial charge is 0.356 e. The minimum Gasteiger partial charge on any atom is -0.356 e. The Hall–Kier alpha value is -1.36. The predicted molar refractivity (Wildman–Crippen MR) is 70.9 cm³/mol. The predicted octanol–water partition coefficient (Wildman–Crippen LogP) is 0.794. The number of hydrogen-bond donors (Lipinski definition) is 2. The van der Waals surface area contributed by atoms with Gasteiger partial charge >= 0.3 is 5.69 Å². The Labute approximate surface area is 107 Å². The summed E-state index contributed by atoms with van der Waals surface area (Å²) in [6.45, 7) is 1.74. The molecule has 18 heavy (non-hydrogen) atoms. The van der Waals surface area contributed by atoms with Crippen molar-refractivity contribution in [3.63, 3.8) is 0 Å². The van der Waals surface area contributed by atoms with Crippen LogP contribution in [0.25, 0.3) is 0 Å². The van der Waals surface area contributed by atoms with Crippen molar-refractivity contribution >= 4 is 5.82 Å². The van der Waals surface area contributed by atoms with Crippen LogP contribution >= 0.6 is 0 Å². The molecule has 0 bridgehead atoms. The lowest BCUT2D eigenvalue weighted by atomic mass is 10.1. The molecule has 0 saturated heterocycles. The second-order valence-corrected chi connectivity index (χ2v) is 5.30. The molecule has 0 unspecified atom stereocenters. The quantitative estimate of drug-likeness (QED) is 0.812. The maximum Gasteiger partial charge on any atom is 0.347 e. The molecule has 1 aromatic heterocycles. The maximum absolute atomic E-state index is 11.7. The summed E-state index contributed by atoms with van der Waals surface area (Å²) < 4.78 is 0. The van der Waals surface area contributed by atoms with Gasteiger partial charge in [-0.25, -0.2) is 4.79 Å². The van der Waals surface area contributed by atoms with Crippen molar-refractivity contribution in [1.29, 1.82) is 0 Å². The standard InChI is InChI=1S/C13H20N4O/c1-17(9-4-2-3-5-9)12-10-8-14-7-6-11(10)15-13(18)16-12/h9,14H,2-8H2,1H3,(H,15,16,18). The van der Waals surface area contributed by atoms with Crippen molar-refractivity contribution < 1.29 is 0 Å². The van der Waals surface area contributed by atoms with E-state index in [2.05, 4.69) is 27.2 Å². The van der Waals surface area contributed by atoms with E-state index < -0.39 is 0 Å². The molecule has 2 aliphatic rings. The van der Waals surface area contributed by atoms with Crippen LogP contribution in [0.15, 0.2) is 4.79 Å². The van der Waals surface area contributed by atoms with Gasteiger partial charge in [-0.2, -0.15) is 4.98 Å². The van der Waals surface area contributed by atoms with Gasteiger partial charge < -0.3 is 15.2 Å². The fourth-order valence-corrected chi connectivity index (χ4v) is 3.11. The minimum absolute atomic E-state index is 0.213. The highest BCUT2D eigenvalue weighted by molar-refractivity contribution is 5.49. The van der Waals surface area contributed by atoms with Crippen molar-refractivity contribution in [2.24, 2.45) is 0 Å². The zero-order valence-electron chi connectivity index (χ0n) is 10.8. The summed E-state index contributed by atoms with van der Waals surface area (Å²) in [5, 5.41) is 3.36.